The number of aromatic nitrogens is 2. The van der Waals surface area contributed by atoms with Gasteiger partial charge in [0.1, 0.15) is 5.75 Å². The molecule has 154 valence electrons. The number of carbonyl (C=O) groups is 1. The van der Waals surface area contributed by atoms with Crippen LogP contribution in [0, 0.1) is 19.8 Å². The van der Waals surface area contributed by atoms with Gasteiger partial charge in [0.2, 0.25) is 5.91 Å². The summed E-state index contributed by atoms with van der Waals surface area (Å²) in [5.41, 5.74) is 3.19. The Bertz CT molecular complexity index is 994. The van der Waals surface area contributed by atoms with Crippen LogP contribution in [0.4, 0.5) is 11.5 Å². The molecule has 2 heterocycles. The molecule has 1 fully saturated rings. The summed E-state index contributed by atoms with van der Waals surface area (Å²) >= 11 is 0. The van der Waals surface area contributed by atoms with Crippen molar-refractivity contribution in [2.75, 3.05) is 23.3 Å². The number of benzene rings is 2. The van der Waals surface area contributed by atoms with Crippen molar-refractivity contribution in [3.63, 3.8) is 0 Å². The third-order valence-electron chi connectivity index (χ3n) is 5.37. The highest BCUT2D eigenvalue weighted by Crippen LogP contribution is 2.31. The molecule has 6 heteroatoms. The fourth-order valence-corrected chi connectivity index (χ4v) is 3.56. The molecule has 1 aliphatic rings. The zero-order chi connectivity index (χ0) is 20.9. The maximum atomic E-state index is 12.6. The second-order valence-corrected chi connectivity index (χ2v) is 7.72. The van der Waals surface area contributed by atoms with Gasteiger partial charge in [-0.2, -0.15) is 0 Å². The molecule has 1 N–H and O–H groups in total. The molecule has 1 aromatic heterocycles. The van der Waals surface area contributed by atoms with Gasteiger partial charge in [-0.1, -0.05) is 35.4 Å². The van der Waals surface area contributed by atoms with E-state index in [-0.39, 0.29) is 11.8 Å². The second kappa shape index (κ2) is 8.95. The minimum atomic E-state index is -0.0132. The standard InChI is InChI=1S/C24H26N4O2/c1-17-3-7-20(8-4-17)27-23(29)19-11-15-28(16-12-19)22-24(26-14-13-25-22)30-21-9-5-18(2)6-10-21/h3-10,13-14,19H,11-12,15-16H2,1-2H3,(H,27,29). The Hall–Kier alpha value is -3.41. The van der Waals surface area contributed by atoms with Gasteiger partial charge in [0.15, 0.2) is 5.82 Å². The van der Waals surface area contributed by atoms with Crippen molar-refractivity contribution in [2.24, 2.45) is 5.92 Å². The average molecular weight is 402 g/mol. The summed E-state index contributed by atoms with van der Waals surface area (Å²) < 4.78 is 5.99. The molecule has 3 aromatic rings. The van der Waals surface area contributed by atoms with Crippen molar-refractivity contribution in [1.82, 2.24) is 9.97 Å². The number of anilines is 2. The van der Waals surface area contributed by atoms with E-state index in [4.69, 9.17) is 4.74 Å². The number of piperidine rings is 1. The summed E-state index contributed by atoms with van der Waals surface area (Å²) in [6.45, 7) is 5.53. The molecule has 30 heavy (non-hydrogen) atoms. The number of hydrogen-bond donors (Lipinski definition) is 1. The lowest BCUT2D eigenvalue weighted by Gasteiger charge is -2.32. The first-order chi connectivity index (χ1) is 14.6. The van der Waals surface area contributed by atoms with Gasteiger partial charge in [0.05, 0.1) is 0 Å². The van der Waals surface area contributed by atoms with Crippen LogP contribution in [0.5, 0.6) is 11.6 Å². The number of ether oxygens (including phenoxy) is 1. The molecule has 6 nitrogen and oxygen atoms in total. The Morgan fingerprint density at radius 1 is 0.933 bits per heavy atom. The lowest BCUT2D eigenvalue weighted by Crippen LogP contribution is -2.38. The van der Waals surface area contributed by atoms with Gasteiger partial charge in [0, 0.05) is 37.1 Å². The molecule has 0 bridgehead atoms. The first kappa shape index (κ1) is 19.9. The largest absolute Gasteiger partial charge is 0.436 e. The van der Waals surface area contributed by atoms with E-state index in [9.17, 15) is 4.79 Å². The maximum Gasteiger partial charge on any atom is 0.263 e. The molecule has 1 aliphatic heterocycles. The van der Waals surface area contributed by atoms with Crippen LogP contribution in [-0.4, -0.2) is 29.0 Å². The molecule has 0 unspecified atom stereocenters. The van der Waals surface area contributed by atoms with Gasteiger partial charge in [-0.15, -0.1) is 0 Å². The molecule has 1 saturated heterocycles. The van der Waals surface area contributed by atoms with Crippen LogP contribution < -0.4 is 15.0 Å². The smallest absolute Gasteiger partial charge is 0.263 e. The van der Waals surface area contributed by atoms with Crippen molar-refractivity contribution in [1.29, 1.82) is 0 Å². The lowest BCUT2D eigenvalue weighted by atomic mass is 9.96. The topological polar surface area (TPSA) is 67.4 Å². The molecule has 0 aliphatic carbocycles. The highest BCUT2D eigenvalue weighted by molar-refractivity contribution is 5.92. The van der Waals surface area contributed by atoms with E-state index in [2.05, 4.69) is 20.2 Å². The summed E-state index contributed by atoms with van der Waals surface area (Å²) in [7, 11) is 0. The highest BCUT2D eigenvalue weighted by atomic mass is 16.5. The summed E-state index contributed by atoms with van der Waals surface area (Å²) in [5.74, 6) is 2.00. The molecular weight excluding hydrogens is 376 g/mol. The summed E-state index contributed by atoms with van der Waals surface area (Å²) in [6, 6.07) is 15.7. The minimum absolute atomic E-state index is 0.0132. The predicted molar refractivity (Wildman–Crippen MR) is 118 cm³/mol. The van der Waals surface area contributed by atoms with E-state index in [0.717, 1.165) is 43.2 Å². The van der Waals surface area contributed by atoms with Crippen molar-refractivity contribution in [2.45, 2.75) is 26.7 Å². The number of nitrogens with one attached hydrogen (secondary N) is 1. The number of amides is 1. The van der Waals surface area contributed by atoms with E-state index in [1.165, 1.54) is 11.1 Å². The van der Waals surface area contributed by atoms with Crippen LogP contribution in [0.3, 0.4) is 0 Å². The summed E-state index contributed by atoms with van der Waals surface area (Å²) in [5, 5.41) is 3.03. The highest BCUT2D eigenvalue weighted by Gasteiger charge is 2.27. The third kappa shape index (κ3) is 4.76. The monoisotopic (exact) mass is 402 g/mol. The maximum absolute atomic E-state index is 12.6. The Morgan fingerprint density at radius 3 is 2.20 bits per heavy atom. The van der Waals surface area contributed by atoms with Crippen molar-refractivity contribution in [3.8, 4) is 11.6 Å². The second-order valence-electron chi connectivity index (χ2n) is 7.72. The van der Waals surface area contributed by atoms with Crippen molar-refractivity contribution < 1.29 is 9.53 Å². The predicted octanol–water partition coefficient (Wildman–Crippen LogP) is 4.74. The number of carbonyl (C=O) groups excluding carboxylic acids is 1. The quantitative estimate of drug-likeness (QED) is 0.668. The van der Waals surface area contributed by atoms with Gasteiger partial charge < -0.3 is 15.0 Å². The van der Waals surface area contributed by atoms with Crippen LogP contribution in [0.25, 0.3) is 0 Å². The number of hydrogen-bond acceptors (Lipinski definition) is 5. The van der Waals surface area contributed by atoms with E-state index >= 15 is 0 Å². The Balaban J connectivity index is 1.38. The number of nitrogens with zero attached hydrogens (tertiary/aromatic N) is 3. The van der Waals surface area contributed by atoms with Crippen LogP contribution in [-0.2, 0) is 4.79 Å². The van der Waals surface area contributed by atoms with E-state index in [1.807, 2.05) is 62.4 Å². The Morgan fingerprint density at radius 2 is 1.53 bits per heavy atom. The summed E-state index contributed by atoms with van der Waals surface area (Å²) in [6.07, 6.45) is 4.83. The number of rotatable bonds is 5. The van der Waals surface area contributed by atoms with Crippen LogP contribution in [0.2, 0.25) is 0 Å². The van der Waals surface area contributed by atoms with Gasteiger partial charge >= 0.3 is 0 Å². The lowest BCUT2D eigenvalue weighted by molar-refractivity contribution is -0.120. The SMILES string of the molecule is Cc1ccc(NC(=O)C2CCN(c3nccnc3Oc3ccc(C)cc3)CC2)cc1. The Labute approximate surface area is 176 Å². The van der Waals surface area contributed by atoms with Crippen LogP contribution >= 0.6 is 0 Å². The Kier molecular flexibility index (Phi) is 5.93. The normalized spacial score (nSPS) is 14.4. The molecule has 0 saturated carbocycles. The molecule has 1 amide bonds. The van der Waals surface area contributed by atoms with Gasteiger partial charge in [-0.25, -0.2) is 9.97 Å². The van der Waals surface area contributed by atoms with E-state index < -0.39 is 0 Å². The first-order valence-electron chi connectivity index (χ1n) is 10.3. The molecule has 0 radical (unpaired) electrons. The van der Waals surface area contributed by atoms with Gasteiger partial charge in [-0.3, -0.25) is 4.79 Å². The van der Waals surface area contributed by atoms with Crippen molar-refractivity contribution in [3.05, 3.63) is 72.1 Å². The van der Waals surface area contributed by atoms with Crippen molar-refractivity contribution >= 4 is 17.4 Å². The fourth-order valence-electron chi connectivity index (χ4n) is 3.56. The minimum Gasteiger partial charge on any atom is -0.436 e. The van der Waals surface area contributed by atoms with Crippen LogP contribution in [0.1, 0.15) is 24.0 Å². The number of aryl methyl sites for hydroxylation is 2. The zero-order valence-electron chi connectivity index (χ0n) is 17.3. The average Bonchev–Trinajstić information content (AvgIpc) is 2.77. The first-order valence-corrected chi connectivity index (χ1v) is 10.3. The van der Waals surface area contributed by atoms with Gasteiger partial charge in [0.25, 0.3) is 5.88 Å². The van der Waals surface area contributed by atoms with E-state index in [1.54, 1.807) is 12.4 Å². The molecule has 0 atom stereocenters. The fraction of sp³-hybridized carbons (Fsp3) is 0.292. The summed E-state index contributed by atoms with van der Waals surface area (Å²) in [4.78, 5) is 23.7. The molecule has 0 spiro atoms. The van der Waals surface area contributed by atoms with Crippen LogP contribution in [0.15, 0.2) is 60.9 Å². The zero-order valence-corrected chi connectivity index (χ0v) is 17.3. The molecule has 4 rings (SSSR count). The molecular formula is C24H26N4O2. The van der Waals surface area contributed by atoms with E-state index in [0.29, 0.717) is 5.88 Å². The van der Waals surface area contributed by atoms with Gasteiger partial charge in [-0.05, 0) is 51.0 Å². The molecule has 2 aromatic carbocycles. The third-order valence-corrected chi connectivity index (χ3v) is 5.37.